The molecule has 1 saturated carbocycles. The van der Waals surface area contributed by atoms with Crippen LogP contribution in [0, 0.1) is 5.92 Å². The lowest BCUT2D eigenvalue weighted by Gasteiger charge is -2.27. The topological polar surface area (TPSA) is 61.4 Å². The van der Waals surface area contributed by atoms with E-state index in [0.717, 1.165) is 24.0 Å². The molecule has 2 amide bonds. The maximum absolute atomic E-state index is 12.5. The fraction of sp³-hybridized carbons (Fsp3) is 0.409. The van der Waals surface area contributed by atoms with E-state index >= 15 is 0 Å². The van der Waals surface area contributed by atoms with Crippen LogP contribution in [0.3, 0.4) is 0 Å². The minimum absolute atomic E-state index is 0.218. The van der Waals surface area contributed by atoms with Crippen molar-refractivity contribution in [1.82, 2.24) is 10.6 Å². The van der Waals surface area contributed by atoms with E-state index in [2.05, 4.69) is 10.6 Å². The highest BCUT2D eigenvalue weighted by molar-refractivity contribution is 5.75. The van der Waals surface area contributed by atoms with Crippen molar-refractivity contribution in [2.75, 3.05) is 6.54 Å². The lowest BCUT2D eigenvalue weighted by atomic mass is 9.85. The number of amides is 2. The van der Waals surface area contributed by atoms with Crippen LogP contribution in [0.2, 0.25) is 0 Å². The zero-order valence-electron chi connectivity index (χ0n) is 15.1. The van der Waals surface area contributed by atoms with Crippen molar-refractivity contribution in [3.63, 3.8) is 0 Å². The van der Waals surface area contributed by atoms with Crippen LogP contribution >= 0.6 is 0 Å². The SMILES string of the molecule is O=C(NC[C@@H](O)C1CCCCC1)NC(c1ccccc1)c1ccccc1. The average molecular weight is 352 g/mol. The third-order valence-corrected chi connectivity index (χ3v) is 5.21. The Morgan fingerprint density at radius 3 is 2.00 bits per heavy atom. The van der Waals surface area contributed by atoms with Gasteiger partial charge >= 0.3 is 6.03 Å². The molecule has 0 unspecified atom stereocenters. The largest absolute Gasteiger partial charge is 0.391 e. The first-order valence-corrected chi connectivity index (χ1v) is 9.56. The van der Waals surface area contributed by atoms with Gasteiger partial charge in [0.2, 0.25) is 0 Å². The summed E-state index contributed by atoms with van der Waals surface area (Å²) in [6.45, 7) is 0.298. The highest BCUT2D eigenvalue weighted by Crippen LogP contribution is 2.26. The van der Waals surface area contributed by atoms with Gasteiger partial charge in [0, 0.05) is 6.54 Å². The molecule has 1 aliphatic rings. The van der Waals surface area contributed by atoms with E-state index in [-0.39, 0.29) is 12.1 Å². The molecule has 0 spiro atoms. The average Bonchev–Trinajstić information content (AvgIpc) is 2.72. The summed E-state index contributed by atoms with van der Waals surface area (Å²) in [5.41, 5.74) is 2.06. The second-order valence-corrected chi connectivity index (χ2v) is 7.07. The number of urea groups is 1. The predicted molar refractivity (Wildman–Crippen MR) is 104 cm³/mol. The molecule has 138 valence electrons. The number of carbonyl (C=O) groups is 1. The molecule has 0 aliphatic heterocycles. The number of aliphatic hydroxyl groups is 1. The van der Waals surface area contributed by atoms with Gasteiger partial charge in [-0.05, 0) is 29.9 Å². The summed E-state index contributed by atoms with van der Waals surface area (Å²) >= 11 is 0. The van der Waals surface area contributed by atoms with Crippen molar-refractivity contribution in [3.8, 4) is 0 Å². The maximum atomic E-state index is 12.5. The normalized spacial score (nSPS) is 16.2. The minimum atomic E-state index is -0.465. The van der Waals surface area contributed by atoms with E-state index in [4.69, 9.17) is 0 Å². The molecule has 2 aromatic rings. The minimum Gasteiger partial charge on any atom is -0.391 e. The van der Waals surface area contributed by atoms with Crippen LogP contribution in [0.25, 0.3) is 0 Å². The van der Waals surface area contributed by atoms with Crippen molar-refractivity contribution in [2.45, 2.75) is 44.2 Å². The molecular weight excluding hydrogens is 324 g/mol. The molecule has 0 aromatic heterocycles. The molecule has 0 saturated heterocycles. The molecular formula is C22H28N2O2. The molecule has 0 heterocycles. The molecule has 4 nitrogen and oxygen atoms in total. The van der Waals surface area contributed by atoms with Gasteiger partial charge in [0.05, 0.1) is 12.1 Å². The summed E-state index contributed by atoms with van der Waals surface area (Å²) in [6, 6.07) is 19.4. The standard InChI is InChI=1S/C22H28N2O2/c25-20(17-10-4-1-5-11-17)16-23-22(26)24-21(18-12-6-2-7-13-18)19-14-8-3-9-15-19/h2-3,6-9,12-15,17,20-21,25H,1,4-5,10-11,16H2,(H2,23,24,26)/t20-/m1/s1. The van der Waals surface area contributed by atoms with Crippen LogP contribution in [0.4, 0.5) is 4.79 Å². The van der Waals surface area contributed by atoms with Crippen molar-refractivity contribution >= 4 is 6.03 Å². The Balaban J connectivity index is 1.60. The molecule has 1 atom stereocenters. The molecule has 0 radical (unpaired) electrons. The second-order valence-electron chi connectivity index (χ2n) is 7.07. The molecule has 1 fully saturated rings. The van der Waals surface area contributed by atoms with Crippen LogP contribution in [0.1, 0.15) is 49.3 Å². The monoisotopic (exact) mass is 352 g/mol. The summed E-state index contributed by atoms with van der Waals surface area (Å²) < 4.78 is 0. The number of nitrogens with one attached hydrogen (secondary N) is 2. The Morgan fingerprint density at radius 2 is 1.46 bits per heavy atom. The van der Waals surface area contributed by atoms with Crippen molar-refractivity contribution in [3.05, 3.63) is 71.8 Å². The lowest BCUT2D eigenvalue weighted by molar-refractivity contribution is 0.0857. The smallest absolute Gasteiger partial charge is 0.315 e. The first kappa shape index (κ1) is 18.5. The third kappa shape index (κ3) is 5.09. The van der Waals surface area contributed by atoms with Crippen molar-refractivity contribution in [2.24, 2.45) is 5.92 Å². The van der Waals surface area contributed by atoms with E-state index in [1.54, 1.807) is 0 Å². The molecule has 4 heteroatoms. The fourth-order valence-corrected chi connectivity index (χ4v) is 3.72. The Labute approximate surface area is 155 Å². The van der Waals surface area contributed by atoms with E-state index in [1.165, 1.54) is 19.3 Å². The zero-order chi connectivity index (χ0) is 18.2. The molecule has 0 bridgehead atoms. The Hall–Kier alpha value is -2.33. The van der Waals surface area contributed by atoms with E-state index in [1.807, 2.05) is 60.7 Å². The Kier molecular flexibility index (Phi) is 6.67. The van der Waals surface area contributed by atoms with Gasteiger partial charge in [-0.25, -0.2) is 4.79 Å². The molecule has 3 N–H and O–H groups in total. The van der Waals surface area contributed by atoms with Gasteiger partial charge in [-0.1, -0.05) is 79.9 Å². The fourth-order valence-electron chi connectivity index (χ4n) is 3.72. The number of carbonyl (C=O) groups excluding carboxylic acids is 1. The van der Waals surface area contributed by atoms with Crippen LogP contribution in [0.5, 0.6) is 0 Å². The third-order valence-electron chi connectivity index (χ3n) is 5.21. The second kappa shape index (κ2) is 9.39. The van der Waals surface area contributed by atoms with Crippen LogP contribution in [-0.2, 0) is 0 Å². The van der Waals surface area contributed by atoms with Crippen LogP contribution in [-0.4, -0.2) is 23.8 Å². The molecule has 26 heavy (non-hydrogen) atoms. The Bertz CT molecular complexity index is 630. The maximum Gasteiger partial charge on any atom is 0.315 e. The van der Waals surface area contributed by atoms with Gasteiger partial charge in [0.15, 0.2) is 0 Å². The van der Waals surface area contributed by atoms with Crippen molar-refractivity contribution < 1.29 is 9.90 Å². The summed E-state index contributed by atoms with van der Waals surface area (Å²) in [5.74, 6) is 0.308. The first-order valence-electron chi connectivity index (χ1n) is 9.56. The highest BCUT2D eigenvalue weighted by Gasteiger charge is 2.23. The van der Waals surface area contributed by atoms with Gasteiger partial charge < -0.3 is 15.7 Å². The number of benzene rings is 2. The lowest BCUT2D eigenvalue weighted by Crippen LogP contribution is -2.43. The predicted octanol–water partition coefficient (Wildman–Crippen LogP) is 4.02. The first-order chi connectivity index (χ1) is 12.7. The van der Waals surface area contributed by atoms with Crippen LogP contribution < -0.4 is 10.6 Å². The zero-order valence-corrected chi connectivity index (χ0v) is 15.1. The molecule has 3 rings (SSSR count). The summed E-state index contributed by atoms with van der Waals surface area (Å²) in [7, 11) is 0. The number of rotatable bonds is 6. The summed E-state index contributed by atoms with van der Waals surface area (Å²) in [6.07, 6.45) is 5.26. The summed E-state index contributed by atoms with van der Waals surface area (Å²) in [5, 5.41) is 16.2. The van der Waals surface area contributed by atoms with Crippen molar-refractivity contribution in [1.29, 1.82) is 0 Å². The quantitative estimate of drug-likeness (QED) is 0.735. The van der Waals surface area contributed by atoms with E-state index in [9.17, 15) is 9.90 Å². The number of aliphatic hydroxyl groups excluding tert-OH is 1. The van der Waals surface area contributed by atoms with Gasteiger partial charge in [-0.2, -0.15) is 0 Å². The van der Waals surface area contributed by atoms with E-state index < -0.39 is 6.10 Å². The molecule has 1 aliphatic carbocycles. The number of hydrogen-bond acceptors (Lipinski definition) is 2. The summed E-state index contributed by atoms with van der Waals surface area (Å²) in [4.78, 5) is 12.5. The molecule has 2 aromatic carbocycles. The Morgan fingerprint density at radius 1 is 0.923 bits per heavy atom. The van der Waals surface area contributed by atoms with E-state index in [0.29, 0.717) is 12.5 Å². The van der Waals surface area contributed by atoms with Crippen LogP contribution in [0.15, 0.2) is 60.7 Å². The van der Waals surface area contributed by atoms with Gasteiger partial charge in [0.25, 0.3) is 0 Å². The van der Waals surface area contributed by atoms with Gasteiger partial charge in [-0.15, -0.1) is 0 Å². The number of hydrogen-bond donors (Lipinski definition) is 3. The highest BCUT2D eigenvalue weighted by atomic mass is 16.3. The van der Waals surface area contributed by atoms with Gasteiger partial charge in [-0.3, -0.25) is 0 Å². The van der Waals surface area contributed by atoms with Gasteiger partial charge in [0.1, 0.15) is 0 Å².